The first kappa shape index (κ1) is 27.2. The molecule has 7 nitrogen and oxygen atoms in total. The number of sulfonamides is 1. The van der Waals surface area contributed by atoms with Crippen molar-refractivity contribution in [2.24, 2.45) is 5.10 Å². The van der Waals surface area contributed by atoms with Gasteiger partial charge in [0.15, 0.2) is 0 Å². The zero-order chi connectivity index (χ0) is 26.2. The smallest absolute Gasteiger partial charge is 0.258 e. The second-order valence-electron chi connectivity index (χ2n) is 10.9. The number of amides is 1. The molecule has 0 spiro atoms. The molecule has 1 fully saturated rings. The standard InChI is InChI=1S/C26H34ClN3O4S/c1-25(2,3)20-14-17(15-21(23(20)31)26(4,5)6)16-28-29-24(32)22-8-7-13-30(22)35(33,34)19-11-9-18(27)10-12-19/h9-12,14-16,22,31H,7-8,13H2,1-6H3,(H,29,32)/b28-16-/t22-/m1/s1. The van der Waals surface area contributed by atoms with E-state index in [-0.39, 0.29) is 28.0 Å². The van der Waals surface area contributed by atoms with Gasteiger partial charge in [-0.05, 0) is 65.6 Å². The van der Waals surface area contributed by atoms with Crippen LogP contribution in [0.5, 0.6) is 5.75 Å². The molecule has 9 heteroatoms. The molecule has 0 aromatic heterocycles. The minimum Gasteiger partial charge on any atom is -0.507 e. The van der Waals surface area contributed by atoms with E-state index in [1.54, 1.807) is 0 Å². The van der Waals surface area contributed by atoms with Gasteiger partial charge in [0.2, 0.25) is 10.0 Å². The van der Waals surface area contributed by atoms with E-state index >= 15 is 0 Å². The molecule has 1 amide bonds. The van der Waals surface area contributed by atoms with Gasteiger partial charge in [0.05, 0.1) is 11.1 Å². The molecule has 1 saturated heterocycles. The van der Waals surface area contributed by atoms with Crippen LogP contribution in [0, 0.1) is 0 Å². The van der Waals surface area contributed by atoms with Crippen LogP contribution in [0.25, 0.3) is 0 Å². The predicted molar refractivity (Wildman–Crippen MR) is 140 cm³/mol. The van der Waals surface area contributed by atoms with Crippen LogP contribution in [0.1, 0.15) is 71.1 Å². The number of hydrogen-bond acceptors (Lipinski definition) is 5. The quantitative estimate of drug-likeness (QED) is 0.431. The minimum absolute atomic E-state index is 0.0959. The zero-order valence-electron chi connectivity index (χ0n) is 21.1. The highest BCUT2D eigenvalue weighted by molar-refractivity contribution is 7.89. The lowest BCUT2D eigenvalue weighted by Gasteiger charge is -2.27. The molecule has 0 radical (unpaired) electrons. The van der Waals surface area contributed by atoms with Crippen LogP contribution in [0.4, 0.5) is 0 Å². The summed E-state index contributed by atoms with van der Waals surface area (Å²) in [5.41, 5.74) is 4.22. The molecule has 1 heterocycles. The lowest BCUT2D eigenvalue weighted by Crippen LogP contribution is -2.44. The minimum atomic E-state index is -3.84. The number of benzene rings is 2. The first-order valence-corrected chi connectivity index (χ1v) is 13.4. The SMILES string of the molecule is CC(C)(C)c1cc(/C=N\NC(=O)[C@H]2CCCN2S(=O)(=O)c2ccc(Cl)cc2)cc(C(C)(C)C)c1O. The fourth-order valence-electron chi connectivity index (χ4n) is 4.15. The van der Waals surface area contributed by atoms with Crippen molar-refractivity contribution in [3.63, 3.8) is 0 Å². The number of aromatic hydroxyl groups is 1. The number of phenols is 1. The number of rotatable bonds is 5. The van der Waals surface area contributed by atoms with Crippen molar-refractivity contribution in [1.82, 2.24) is 9.73 Å². The normalized spacial score (nSPS) is 17.7. The molecule has 0 unspecified atom stereocenters. The summed E-state index contributed by atoms with van der Waals surface area (Å²) in [6.07, 6.45) is 2.51. The van der Waals surface area contributed by atoms with E-state index in [4.69, 9.17) is 11.6 Å². The summed E-state index contributed by atoms with van der Waals surface area (Å²) in [6.45, 7) is 12.4. The average molecular weight is 520 g/mol. The number of phenolic OH excluding ortho intramolecular Hbond substituents is 1. The third kappa shape index (κ3) is 6.05. The van der Waals surface area contributed by atoms with Gasteiger partial charge in [-0.25, -0.2) is 13.8 Å². The van der Waals surface area contributed by atoms with Crippen molar-refractivity contribution >= 4 is 33.7 Å². The van der Waals surface area contributed by atoms with Gasteiger partial charge in [-0.3, -0.25) is 4.79 Å². The topological polar surface area (TPSA) is 99.1 Å². The van der Waals surface area contributed by atoms with Gasteiger partial charge in [0.1, 0.15) is 11.8 Å². The van der Waals surface area contributed by atoms with Gasteiger partial charge in [-0.15, -0.1) is 0 Å². The first-order chi connectivity index (χ1) is 16.1. The maximum Gasteiger partial charge on any atom is 0.258 e. The Hall–Kier alpha value is -2.42. The van der Waals surface area contributed by atoms with Crippen molar-refractivity contribution in [3.8, 4) is 5.75 Å². The molecule has 1 aliphatic heterocycles. The molecule has 2 aromatic rings. The molecular formula is C26H34ClN3O4S. The highest BCUT2D eigenvalue weighted by Crippen LogP contribution is 2.39. The van der Waals surface area contributed by atoms with Crippen LogP contribution in [0.2, 0.25) is 5.02 Å². The zero-order valence-corrected chi connectivity index (χ0v) is 22.7. The van der Waals surface area contributed by atoms with E-state index in [2.05, 4.69) is 10.5 Å². The van der Waals surface area contributed by atoms with Crippen LogP contribution >= 0.6 is 11.6 Å². The lowest BCUT2D eigenvalue weighted by atomic mass is 9.78. The molecule has 2 aromatic carbocycles. The summed E-state index contributed by atoms with van der Waals surface area (Å²) < 4.78 is 27.4. The largest absolute Gasteiger partial charge is 0.507 e. The molecule has 0 saturated carbocycles. The number of nitrogens with zero attached hydrogens (tertiary/aromatic N) is 2. The Labute approximate surface area is 213 Å². The Bertz CT molecular complexity index is 1190. The monoisotopic (exact) mass is 519 g/mol. The van der Waals surface area contributed by atoms with Gasteiger partial charge in [-0.1, -0.05) is 53.1 Å². The number of carbonyl (C=O) groups is 1. The number of hydrazone groups is 1. The third-order valence-electron chi connectivity index (χ3n) is 6.06. The second kappa shape index (κ2) is 9.91. The van der Waals surface area contributed by atoms with E-state index in [9.17, 15) is 18.3 Å². The van der Waals surface area contributed by atoms with Crippen LogP contribution in [-0.2, 0) is 25.6 Å². The summed E-state index contributed by atoms with van der Waals surface area (Å²) >= 11 is 5.88. The van der Waals surface area contributed by atoms with Gasteiger partial charge < -0.3 is 5.11 Å². The van der Waals surface area contributed by atoms with Crippen molar-refractivity contribution in [3.05, 3.63) is 58.1 Å². The van der Waals surface area contributed by atoms with Crippen molar-refractivity contribution in [2.45, 2.75) is 76.2 Å². The molecule has 190 valence electrons. The molecule has 2 N–H and O–H groups in total. The van der Waals surface area contributed by atoms with Crippen molar-refractivity contribution in [1.29, 1.82) is 0 Å². The van der Waals surface area contributed by atoms with Crippen LogP contribution in [0.3, 0.4) is 0 Å². The molecule has 35 heavy (non-hydrogen) atoms. The highest BCUT2D eigenvalue weighted by atomic mass is 35.5. The summed E-state index contributed by atoms with van der Waals surface area (Å²) in [7, 11) is -3.84. The maximum atomic E-state index is 13.1. The molecular weight excluding hydrogens is 486 g/mol. The second-order valence-corrected chi connectivity index (χ2v) is 13.3. The van der Waals surface area contributed by atoms with E-state index < -0.39 is 22.0 Å². The van der Waals surface area contributed by atoms with Gasteiger partial charge >= 0.3 is 0 Å². The average Bonchev–Trinajstić information content (AvgIpc) is 3.24. The summed E-state index contributed by atoms with van der Waals surface area (Å²) in [4.78, 5) is 13.0. The van der Waals surface area contributed by atoms with Crippen LogP contribution in [0.15, 0.2) is 46.4 Å². The Morgan fingerprint density at radius 2 is 1.63 bits per heavy atom. The number of hydrogen-bond donors (Lipinski definition) is 2. The van der Waals surface area contributed by atoms with E-state index in [0.29, 0.717) is 17.9 Å². The van der Waals surface area contributed by atoms with Crippen LogP contribution in [-0.4, -0.2) is 42.5 Å². The van der Waals surface area contributed by atoms with E-state index in [1.807, 2.05) is 53.7 Å². The van der Waals surface area contributed by atoms with Gasteiger partial charge in [0.25, 0.3) is 5.91 Å². The first-order valence-electron chi connectivity index (χ1n) is 11.6. The van der Waals surface area contributed by atoms with Crippen LogP contribution < -0.4 is 5.43 Å². The molecule has 3 rings (SSSR count). The number of nitrogens with one attached hydrogen (secondary N) is 1. The Balaban J connectivity index is 1.82. The summed E-state index contributed by atoms with van der Waals surface area (Å²) in [5, 5.41) is 15.4. The Kier molecular flexibility index (Phi) is 7.70. The maximum absolute atomic E-state index is 13.1. The van der Waals surface area contributed by atoms with Gasteiger partial charge in [0, 0.05) is 22.7 Å². The Morgan fingerprint density at radius 3 is 2.14 bits per heavy atom. The van der Waals surface area contributed by atoms with E-state index in [1.165, 1.54) is 34.8 Å². The summed E-state index contributed by atoms with van der Waals surface area (Å²) in [5.74, 6) is -0.220. The van der Waals surface area contributed by atoms with Crippen molar-refractivity contribution < 1.29 is 18.3 Å². The third-order valence-corrected chi connectivity index (χ3v) is 8.24. The molecule has 1 atom stereocenters. The fraction of sp³-hybridized carbons (Fsp3) is 0.462. The van der Waals surface area contributed by atoms with Gasteiger partial charge in [-0.2, -0.15) is 9.41 Å². The number of carbonyl (C=O) groups excluding carboxylic acids is 1. The highest BCUT2D eigenvalue weighted by Gasteiger charge is 2.39. The molecule has 0 aliphatic carbocycles. The molecule has 0 bridgehead atoms. The summed E-state index contributed by atoms with van der Waals surface area (Å²) in [6, 6.07) is 8.77. The Morgan fingerprint density at radius 1 is 1.09 bits per heavy atom. The number of halogens is 1. The fourth-order valence-corrected chi connectivity index (χ4v) is 5.93. The molecule has 1 aliphatic rings. The van der Waals surface area contributed by atoms with E-state index in [0.717, 1.165) is 16.7 Å². The van der Waals surface area contributed by atoms with Crippen molar-refractivity contribution in [2.75, 3.05) is 6.54 Å². The lowest BCUT2D eigenvalue weighted by molar-refractivity contribution is -0.124. The predicted octanol–water partition coefficient (Wildman–Crippen LogP) is 4.94.